The van der Waals surface area contributed by atoms with Gasteiger partial charge in [0.2, 0.25) is 5.91 Å². The molecule has 0 saturated heterocycles. The van der Waals surface area contributed by atoms with Gasteiger partial charge in [0.05, 0.1) is 6.20 Å². The average molecular weight is 342 g/mol. The molecule has 0 fully saturated rings. The van der Waals surface area contributed by atoms with E-state index in [0.29, 0.717) is 17.6 Å². The lowest BCUT2D eigenvalue weighted by molar-refractivity contribution is -0.122. The number of nitrogens with zero attached hydrogens (tertiary/aromatic N) is 7. The summed E-state index contributed by atoms with van der Waals surface area (Å²) in [6, 6.07) is 0.000448. The van der Waals surface area contributed by atoms with E-state index in [4.69, 9.17) is 0 Å². The monoisotopic (exact) mass is 342 g/mol. The molecule has 0 aliphatic carbocycles. The van der Waals surface area contributed by atoms with Gasteiger partial charge in [0.25, 0.3) is 5.56 Å². The van der Waals surface area contributed by atoms with Crippen molar-refractivity contribution in [3.8, 4) is 0 Å². The average Bonchev–Trinajstić information content (AvgIpc) is 3.14. The first-order chi connectivity index (χ1) is 12.0. The third-order valence-corrected chi connectivity index (χ3v) is 4.53. The molecular formula is C15H18N8O2. The number of hydrogen-bond donors (Lipinski definition) is 1. The number of nitrogens with one attached hydrogen (secondary N) is 1. The minimum atomic E-state index is -0.270. The highest BCUT2D eigenvalue weighted by Gasteiger charge is 2.23. The number of carbonyl (C=O) groups is 1. The molecule has 4 rings (SSSR count). The van der Waals surface area contributed by atoms with Gasteiger partial charge < -0.3 is 9.88 Å². The fourth-order valence-electron chi connectivity index (χ4n) is 3.19. The van der Waals surface area contributed by atoms with Crippen LogP contribution in [0, 0.1) is 6.92 Å². The molecule has 4 heterocycles. The molecule has 0 bridgehead atoms. The second-order valence-electron chi connectivity index (χ2n) is 6.26. The number of aromatic nitrogens is 7. The number of rotatable bonds is 3. The van der Waals surface area contributed by atoms with Crippen molar-refractivity contribution >= 4 is 16.9 Å². The van der Waals surface area contributed by atoms with Gasteiger partial charge in [-0.2, -0.15) is 5.10 Å². The second-order valence-corrected chi connectivity index (χ2v) is 6.26. The fourth-order valence-corrected chi connectivity index (χ4v) is 3.19. The largest absolute Gasteiger partial charge is 0.350 e. The fraction of sp³-hybridized carbons (Fsp3) is 0.467. The third kappa shape index (κ3) is 2.69. The number of amides is 1. The minimum Gasteiger partial charge on any atom is -0.350 e. The quantitative estimate of drug-likeness (QED) is 0.664. The van der Waals surface area contributed by atoms with Gasteiger partial charge in [0.15, 0.2) is 5.65 Å². The Morgan fingerprint density at radius 3 is 3.08 bits per heavy atom. The van der Waals surface area contributed by atoms with E-state index in [-0.39, 0.29) is 24.1 Å². The van der Waals surface area contributed by atoms with E-state index in [0.717, 1.165) is 24.5 Å². The van der Waals surface area contributed by atoms with Gasteiger partial charge in [-0.05, 0) is 13.3 Å². The number of fused-ring (bicyclic) bond motifs is 2. The van der Waals surface area contributed by atoms with E-state index >= 15 is 0 Å². The van der Waals surface area contributed by atoms with E-state index in [1.165, 1.54) is 21.8 Å². The van der Waals surface area contributed by atoms with Crippen LogP contribution < -0.4 is 10.9 Å². The summed E-state index contributed by atoms with van der Waals surface area (Å²) in [5.74, 6) is 1.58. The van der Waals surface area contributed by atoms with E-state index in [1.54, 1.807) is 7.05 Å². The lowest BCUT2D eigenvalue weighted by atomic mass is 10.1. The summed E-state index contributed by atoms with van der Waals surface area (Å²) in [5, 5.41) is 15.6. The molecule has 3 aromatic heterocycles. The van der Waals surface area contributed by atoms with Crippen LogP contribution in [0.15, 0.2) is 17.3 Å². The SMILES string of the molecule is Cc1nnc2n1C[C@H](NC(=O)Cn1cnc3c(cnn3C)c1=O)CC2. The first-order valence-electron chi connectivity index (χ1n) is 8.08. The molecule has 0 aromatic carbocycles. The highest BCUT2D eigenvalue weighted by molar-refractivity contribution is 5.77. The summed E-state index contributed by atoms with van der Waals surface area (Å²) >= 11 is 0. The molecule has 25 heavy (non-hydrogen) atoms. The van der Waals surface area contributed by atoms with Crippen molar-refractivity contribution in [3.05, 3.63) is 34.5 Å². The molecule has 130 valence electrons. The molecular weight excluding hydrogens is 324 g/mol. The van der Waals surface area contributed by atoms with Crippen LogP contribution in [0.5, 0.6) is 0 Å². The van der Waals surface area contributed by atoms with Gasteiger partial charge in [-0.1, -0.05) is 0 Å². The van der Waals surface area contributed by atoms with Crippen LogP contribution >= 0.6 is 0 Å². The van der Waals surface area contributed by atoms with Crippen molar-refractivity contribution < 1.29 is 4.79 Å². The maximum atomic E-state index is 12.4. The molecule has 10 heteroatoms. The number of carbonyl (C=O) groups excluding carboxylic acids is 1. The van der Waals surface area contributed by atoms with Gasteiger partial charge >= 0.3 is 0 Å². The minimum absolute atomic E-state index is 0.000448. The Kier molecular flexibility index (Phi) is 3.59. The molecule has 0 unspecified atom stereocenters. The van der Waals surface area contributed by atoms with Crippen molar-refractivity contribution in [3.63, 3.8) is 0 Å². The van der Waals surface area contributed by atoms with Crippen LogP contribution in [0.25, 0.3) is 11.0 Å². The summed E-state index contributed by atoms with van der Waals surface area (Å²) < 4.78 is 4.85. The standard InChI is InChI=1S/C15H18N8O2/c1-9-19-20-12-4-3-10(6-23(9)12)18-13(24)7-22-8-16-14-11(15(22)25)5-17-21(14)2/h5,8,10H,3-4,6-7H2,1-2H3,(H,18,24)/t10-/m1/s1. The molecule has 0 radical (unpaired) electrons. The van der Waals surface area contributed by atoms with Crippen molar-refractivity contribution in [2.24, 2.45) is 7.05 Å². The van der Waals surface area contributed by atoms with E-state index in [9.17, 15) is 9.59 Å². The van der Waals surface area contributed by atoms with Crippen LogP contribution in [0.3, 0.4) is 0 Å². The topological polar surface area (TPSA) is 113 Å². The molecule has 0 saturated carbocycles. The number of aryl methyl sites for hydroxylation is 3. The zero-order chi connectivity index (χ0) is 17.6. The maximum absolute atomic E-state index is 12.4. The molecule has 10 nitrogen and oxygen atoms in total. The Morgan fingerprint density at radius 2 is 2.24 bits per heavy atom. The summed E-state index contributed by atoms with van der Waals surface area (Å²) in [7, 11) is 1.72. The van der Waals surface area contributed by atoms with Crippen molar-refractivity contribution in [2.45, 2.75) is 38.9 Å². The predicted molar refractivity (Wildman–Crippen MR) is 87.8 cm³/mol. The Hall–Kier alpha value is -3.04. The van der Waals surface area contributed by atoms with Gasteiger partial charge in [-0.3, -0.25) is 18.8 Å². The van der Waals surface area contributed by atoms with Crippen molar-refractivity contribution in [1.82, 2.24) is 39.4 Å². The third-order valence-electron chi connectivity index (χ3n) is 4.53. The summed E-state index contributed by atoms with van der Waals surface area (Å²) in [6.07, 6.45) is 4.43. The molecule has 0 spiro atoms. The van der Waals surface area contributed by atoms with Gasteiger partial charge in [0, 0.05) is 26.1 Å². The Bertz CT molecular complexity index is 1010. The zero-order valence-corrected chi connectivity index (χ0v) is 14.0. The highest BCUT2D eigenvalue weighted by Crippen LogP contribution is 2.14. The Morgan fingerprint density at radius 1 is 1.40 bits per heavy atom. The van der Waals surface area contributed by atoms with Crippen LogP contribution in [0.4, 0.5) is 0 Å². The smallest absolute Gasteiger partial charge is 0.264 e. The first kappa shape index (κ1) is 15.5. The zero-order valence-electron chi connectivity index (χ0n) is 14.0. The first-order valence-corrected chi connectivity index (χ1v) is 8.08. The molecule has 1 aliphatic heterocycles. The molecule has 1 aliphatic rings. The van der Waals surface area contributed by atoms with E-state index < -0.39 is 0 Å². The summed E-state index contributed by atoms with van der Waals surface area (Å²) in [5.41, 5.74) is 0.235. The summed E-state index contributed by atoms with van der Waals surface area (Å²) in [4.78, 5) is 29.0. The van der Waals surface area contributed by atoms with E-state index in [2.05, 4.69) is 25.6 Å². The van der Waals surface area contributed by atoms with E-state index in [1.807, 2.05) is 11.5 Å². The lowest BCUT2D eigenvalue weighted by Crippen LogP contribution is -2.43. The molecule has 1 amide bonds. The van der Waals surface area contributed by atoms with Gasteiger partial charge in [-0.15, -0.1) is 10.2 Å². The van der Waals surface area contributed by atoms with Crippen LogP contribution in [0.2, 0.25) is 0 Å². The Labute approximate surface area is 142 Å². The predicted octanol–water partition coefficient (Wildman–Crippen LogP) is -0.839. The maximum Gasteiger partial charge on any atom is 0.264 e. The Balaban J connectivity index is 1.47. The van der Waals surface area contributed by atoms with Crippen LogP contribution in [0.1, 0.15) is 18.1 Å². The molecule has 1 N–H and O–H groups in total. The van der Waals surface area contributed by atoms with Crippen LogP contribution in [-0.2, 0) is 31.4 Å². The second kappa shape index (κ2) is 5.80. The highest BCUT2D eigenvalue weighted by atomic mass is 16.2. The van der Waals surface area contributed by atoms with Gasteiger partial charge in [0.1, 0.15) is 29.9 Å². The molecule has 1 atom stereocenters. The lowest BCUT2D eigenvalue weighted by Gasteiger charge is -2.25. The van der Waals surface area contributed by atoms with Crippen molar-refractivity contribution in [1.29, 1.82) is 0 Å². The van der Waals surface area contributed by atoms with Crippen LogP contribution in [-0.4, -0.2) is 46.0 Å². The number of hydrogen-bond acceptors (Lipinski definition) is 6. The summed E-state index contributed by atoms with van der Waals surface area (Å²) in [6.45, 7) is 2.48. The van der Waals surface area contributed by atoms with Gasteiger partial charge in [-0.25, -0.2) is 4.98 Å². The van der Waals surface area contributed by atoms with Crippen molar-refractivity contribution in [2.75, 3.05) is 0 Å². The molecule has 3 aromatic rings. The normalized spacial score (nSPS) is 16.8.